The van der Waals surface area contributed by atoms with Crippen molar-refractivity contribution < 1.29 is 4.79 Å². The van der Waals surface area contributed by atoms with Crippen LogP contribution in [0.5, 0.6) is 0 Å². The van der Waals surface area contributed by atoms with Gasteiger partial charge in [0.05, 0.1) is 5.25 Å². The maximum absolute atomic E-state index is 11.3. The number of nitrogens with zero attached hydrogens (tertiary/aromatic N) is 2. The average molecular weight is 255 g/mol. The van der Waals surface area contributed by atoms with Gasteiger partial charge >= 0.3 is 0 Å². The summed E-state index contributed by atoms with van der Waals surface area (Å²) in [7, 11) is 0. The van der Waals surface area contributed by atoms with Crippen LogP contribution in [0.1, 0.15) is 26.2 Å². The molecule has 1 rings (SSSR count). The molecule has 0 fully saturated rings. The van der Waals surface area contributed by atoms with Crippen LogP contribution in [0.2, 0.25) is 0 Å². The fourth-order valence-corrected chi connectivity index (χ4v) is 2.26. The van der Waals surface area contributed by atoms with Crippen molar-refractivity contribution in [2.24, 2.45) is 5.73 Å². The van der Waals surface area contributed by atoms with Gasteiger partial charge in [-0.05, 0) is 6.42 Å². The molecule has 6 nitrogen and oxygen atoms in total. The summed E-state index contributed by atoms with van der Waals surface area (Å²) in [6, 6.07) is 1.47. The predicted octanol–water partition coefficient (Wildman–Crippen LogP) is 0.777. The molecule has 1 aromatic heterocycles. The smallest absolute Gasteiger partial charge is 0.231 e. The lowest BCUT2D eigenvalue weighted by atomic mass is 10.2. The van der Waals surface area contributed by atoms with E-state index in [-0.39, 0.29) is 11.2 Å². The van der Waals surface area contributed by atoms with Crippen LogP contribution in [-0.4, -0.2) is 21.1 Å². The Balaban J connectivity index is 2.74. The maximum Gasteiger partial charge on any atom is 0.231 e. The highest BCUT2D eigenvalue weighted by Crippen LogP contribution is 2.24. The Morgan fingerprint density at radius 3 is 2.47 bits per heavy atom. The monoisotopic (exact) mass is 255 g/mol. The van der Waals surface area contributed by atoms with E-state index in [9.17, 15) is 4.79 Å². The summed E-state index contributed by atoms with van der Waals surface area (Å²) in [4.78, 5) is 19.3. The SMILES string of the molecule is CCCCC(Sc1nc(N)cc(N)n1)C(N)=O. The highest BCUT2D eigenvalue weighted by atomic mass is 32.2. The van der Waals surface area contributed by atoms with Crippen LogP contribution in [0, 0.1) is 0 Å². The molecule has 0 aliphatic carbocycles. The van der Waals surface area contributed by atoms with Crippen molar-refractivity contribution in [1.82, 2.24) is 9.97 Å². The first-order valence-electron chi connectivity index (χ1n) is 5.39. The Hall–Kier alpha value is -1.50. The number of hydrogen-bond donors (Lipinski definition) is 3. The average Bonchev–Trinajstić information content (AvgIpc) is 2.22. The van der Waals surface area contributed by atoms with Crippen LogP contribution in [-0.2, 0) is 4.79 Å². The maximum atomic E-state index is 11.3. The molecule has 0 spiro atoms. The second kappa shape index (κ2) is 6.29. The molecule has 0 radical (unpaired) electrons. The second-order valence-corrected chi connectivity index (χ2v) is 4.82. The Bertz CT molecular complexity index is 378. The molecule has 0 aliphatic heterocycles. The molecule has 1 unspecified atom stereocenters. The summed E-state index contributed by atoms with van der Waals surface area (Å²) in [5.74, 6) is 0.213. The van der Waals surface area contributed by atoms with E-state index in [1.54, 1.807) is 0 Å². The van der Waals surface area contributed by atoms with Gasteiger partial charge in [0.25, 0.3) is 0 Å². The Labute approximate surface area is 104 Å². The molecule has 0 saturated heterocycles. The third-order valence-electron chi connectivity index (χ3n) is 2.13. The van der Waals surface area contributed by atoms with E-state index in [1.807, 2.05) is 0 Å². The number of primary amides is 1. The first kappa shape index (κ1) is 13.6. The van der Waals surface area contributed by atoms with Crippen molar-refractivity contribution in [3.63, 3.8) is 0 Å². The normalized spacial score (nSPS) is 12.3. The molecular formula is C10H17N5OS. The van der Waals surface area contributed by atoms with Gasteiger partial charge in [-0.15, -0.1) is 0 Å². The zero-order chi connectivity index (χ0) is 12.8. The van der Waals surface area contributed by atoms with Gasteiger partial charge in [-0.3, -0.25) is 4.79 Å². The third kappa shape index (κ3) is 4.48. The van der Waals surface area contributed by atoms with Gasteiger partial charge in [-0.2, -0.15) is 0 Å². The number of amides is 1. The minimum Gasteiger partial charge on any atom is -0.383 e. The summed E-state index contributed by atoms with van der Waals surface area (Å²) < 4.78 is 0. The molecule has 0 aromatic carbocycles. The number of carbonyl (C=O) groups is 1. The highest BCUT2D eigenvalue weighted by molar-refractivity contribution is 8.00. The molecule has 94 valence electrons. The fourth-order valence-electron chi connectivity index (χ4n) is 1.29. The van der Waals surface area contributed by atoms with E-state index in [0.29, 0.717) is 23.2 Å². The standard InChI is InChI=1S/C10H17N5OS/c1-2-3-4-6(9(13)16)17-10-14-7(11)5-8(12)15-10/h5-6H,2-4H2,1H3,(H2,13,16)(H4,11,12,14,15). The van der Waals surface area contributed by atoms with Crippen LogP contribution < -0.4 is 17.2 Å². The van der Waals surface area contributed by atoms with Crippen molar-refractivity contribution in [3.05, 3.63) is 6.07 Å². The van der Waals surface area contributed by atoms with Crippen LogP contribution in [0.15, 0.2) is 11.2 Å². The molecule has 7 heteroatoms. The minimum absolute atomic E-state index is 0.290. The lowest BCUT2D eigenvalue weighted by Gasteiger charge is -2.11. The molecular weight excluding hydrogens is 238 g/mol. The number of anilines is 2. The predicted molar refractivity (Wildman–Crippen MR) is 69.2 cm³/mol. The quantitative estimate of drug-likeness (QED) is 0.510. The summed E-state index contributed by atoms with van der Waals surface area (Å²) >= 11 is 1.21. The van der Waals surface area contributed by atoms with Gasteiger partial charge in [0, 0.05) is 6.07 Å². The number of carbonyl (C=O) groups excluding carboxylic acids is 1. The number of aromatic nitrogens is 2. The summed E-state index contributed by atoms with van der Waals surface area (Å²) in [6.07, 6.45) is 2.64. The van der Waals surface area contributed by atoms with Crippen LogP contribution >= 0.6 is 11.8 Å². The highest BCUT2D eigenvalue weighted by Gasteiger charge is 2.18. The lowest BCUT2D eigenvalue weighted by Crippen LogP contribution is -2.26. The van der Waals surface area contributed by atoms with Crippen molar-refractivity contribution >= 4 is 29.3 Å². The number of nitrogen functional groups attached to an aromatic ring is 2. The van der Waals surface area contributed by atoms with Gasteiger partial charge < -0.3 is 17.2 Å². The molecule has 0 bridgehead atoms. The lowest BCUT2D eigenvalue weighted by molar-refractivity contribution is -0.117. The number of nitrogens with two attached hydrogens (primary N) is 3. The minimum atomic E-state index is -0.368. The largest absolute Gasteiger partial charge is 0.383 e. The zero-order valence-electron chi connectivity index (χ0n) is 9.72. The van der Waals surface area contributed by atoms with Gasteiger partial charge in [0.15, 0.2) is 5.16 Å². The van der Waals surface area contributed by atoms with Crippen molar-refractivity contribution in [3.8, 4) is 0 Å². The van der Waals surface area contributed by atoms with E-state index in [0.717, 1.165) is 12.8 Å². The topological polar surface area (TPSA) is 121 Å². The van der Waals surface area contributed by atoms with Crippen molar-refractivity contribution in [1.29, 1.82) is 0 Å². The molecule has 6 N–H and O–H groups in total. The van der Waals surface area contributed by atoms with Gasteiger partial charge in [-0.25, -0.2) is 9.97 Å². The van der Waals surface area contributed by atoms with Crippen molar-refractivity contribution in [2.75, 3.05) is 11.5 Å². The Morgan fingerprint density at radius 1 is 1.41 bits per heavy atom. The number of unbranched alkanes of at least 4 members (excludes halogenated alkanes) is 1. The van der Waals surface area contributed by atoms with Crippen LogP contribution in [0.3, 0.4) is 0 Å². The van der Waals surface area contributed by atoms with Crippen molar-refractivity contribution in [2.45, 2.75) is 36.6 Å². The summed E-state index contributed by atoms with van der Waals surface area (Å²) in [5, 5.41) is 0.0542. The second-order valence-electron chi connectivity index (χ2n) is 3.65. The van der Waals surface area contributed by atoms with E-state index >= 15 is 0 Å². The van der Waals surface area contributed by atoms with Gasteiger partial charge in [0.2, 0.25) is 5.91 Å². The van der Waals surface area contributed by atoms with Gasteiger partial charge in [0.1, 0.15) is 11.6 Å². The Kier molecular flexibility index (Phi) is 5.02. The van der Waals surface area contributed by atoms with E-state index in [2.05, 4.69) is 16.9 Å². The fraction of sp³-hybridized carbons (Fsp3) is 0.500. The Morgan fingerprint density at radius 2 is 2.00 bits per heavy atom. The van der Waals surface area contributed by atoms with Crippen LogP contribution in [0.4, 0.5) is 11.6 Å². The molecule has 1 heterocycles. The third-order valence-corrected chi connectivity index (χ3v) is 3.28. The molecule has 0 aliphatic rings. The number of hydrogen-bond acceptors (Lipinski definition) is 6. The van der Waals surface area contributed by atoms with E-state index < -0.39 is 0 Å². The molecule has 17 heavy (non-hydrogen) atoms. The number of rotatable bonds is 6. The van der Waals surface area contributed by atoms with Gasteiger partial charge in [-0.1, -0.05) is 31.5 Å². The summed E-state index contributed by atoms with van der Waals surface area (Å²) in [5.41, 5.74) is 16.4. The molecule has 1 atom stereocenters. The molecule has 1 amide bonds. The number of thioether (sulfide) groups is 1. The first-order valence-corrected chi connectivity index (χ1v) is 6.27. The first-order chi connectivity index (χ1) is 8.02. The molecule has 1 aromatic rings. The summed E-state index contributed by atoms with van der Waals surface area (Å²) in [6.45, 7) is 2.05. The zero-order valence-corrected chi connectivity index (χ0v) is 10.5. The molecule has 0 saturated carbocycles. The van der Waals surface area contributed by atoms with E-state index in [4.69, 9.17) is 17.2 Å². The van der Waals surface area contributed by atoms with E-state index in [1.165, 1.54) is 17.8 Å². The van der Waals surface area contributed by atoms with Crippen LogP contribution in [0.25, 0.3) is 0 Å².